The Morgan fingerprint density at radius 3 is 2.83 bits per heavy atom. The lowest BCUT2D eigenvalue weighted by atomic mass is 9.98. The Kier molecular flexibility index (Phi) is 5.15. The predicted molar refractivity (Wildman–Crippen MR) is 87.6 cm³/mol. The Morgan fingerprint density at radius 2 is 2.13 bits per heavy atom. The first-order chi connectivity index (χ1) is 10.8. The molecule has 1 amide bonds. The van der Waals surface area contributed by atoms with E-state index in [9.17, 15) is 14.4 Å². The number of thiophene rings is 1. The third kappa shape index (κ3) is 4.62. The molecule has 0 atom stereocenters. The molecule has 7 nitrogen and oxygen atoms in total. The number of nitrogens with one attached hydrogen (secondary N) is 1. The molecule has 2 aromatic rings. The zero-order valence-corrected chi connectivity index (χ0v) is 13.9. The normalized spacial score (nSPS) is 11.6. The molecule has 2 N–H and O–H groups in total. The number of carboxylic acid groups (broad SMARTS) is 1. The van der Waals surface area contributed by atoms with Gasteiger partial charge >= 0.3 is 5.97 Å². The van der Waals surface area contributed by atoms with Crippen LogP contribution in [0, 0.1) is 0 Å². The van der Waals surface area contributed by atoms with Crippen molar-refractivity contribution in [1.29, 1.82) is 0 Å². The van der Waals surface area contributed by atoms with Gasteiger partial charge in [-0.3, -0.25) is 19.0 Å². The Hall–Kier alpha value is -2.22. The van der Waals surface area contributed by atoms with Crippen LogP contribution < -0.4 is 10.9 Å². The first kappa shape index (κ1) is 17.1. The Morgan fingerprint density at radius 1 is 1.39 bits per heavy atom. The van der Waals surface area contributed by atoms with Gasteiger partial charge in [-0.2, -0.15) is 0 Å². The molecule has 124 valence electrons. The van der Waals surface area contributed by atoms with E-state index in [1.807, 2.05) is 0 Å². The molecule has 0 spiro atoms. The molecule has 0 bridgehead atoms. The second kappa shape index (κ2) is 6.91. The molecule has 0 aliphatic rings. The average molecular weight is 337 g/mol. The van der Waals surface area contributed by atoms with Crippen molar-refractivity contribution < 1.29 is 14.7 Å². The molecular formula is C15H19N3O4S. The van der Waals surface area contributed by atoms with Crippen molar-refractivity contribution in [3.8, 4) is 0 Å². The van der Waals surface area contributed by atoms with Crippen LogP contribution in [0.15, 0.2) is 22.6 Å². The molecule has 0 fully saturated rings. The molecule has 0 aromatic carbocycles. The summed E-state index contributed by atoms with van der Waals surface area (Å²) in [6, 6.07) is 1.72. The molecule has 0 saturated carbocycles. The van der Waals surface area contributed by atoms with E-state index in [1.165, 1.54) is 22.2 Å². The third-order valence-corrected chi connectivity index (χ3v) is 4.29. The fourth-order valence-electron chi connectivity index (χ4n) is 2.20. The van der Waals surface area contributed by atoms with Crippen LogP contribution in [0.4, 0.5) is 0 Å². The molecule has 0 radical (unpaired) electrons. The van der Waals surface area contributed by atoms with Crippen LogP contribution in [0.2, 0.25) is 0 Å². The van der Waals surface area contributed by atoms with Crippen molar-refractivity contribution in [2.45, 2.75) is 45.2 Å². The van der Waals surface area contributed by atoms with Crippen molar-refractivity contribution in [2.75, 3.05) is 0 Å². The number of carbonyl (C=O) groups excluding carboxylic acids is 1. The number of carbonyl (C=O) groups is 2. The number of carboxylic acids is 1. The van der Waals surface area contributed by atoms with Gasteiger partial charge in [0.05, 0.1) is 11.7 Å². The van der Waals surface area contributed by atoms with E-state index in [4.69, 9.17) is 5.11 Å². The molecule has 0 aliphatic carbocycles. The van der Waals surface area contributed by atoms with E-state index in [-0.39, 0.29) is 30.9 Å². The van der Waals surface area contributed by atoms with Crippen LogP contribution in [0.5, 0.6) is 0 Å². The van der Waals surface area contributed by atoms with E-state index in [0.29, 0.717) is 16.6 Å². The number of nitrogens with zero attached hydrogens (tertiary/aromatic N) is 2. The van der Waals surface area contributed by atoms with Gasteiger partial charge in [0.1, 0.15) is 4.83 Å². The van der Waals surface area contributed by atoms with Gasteiger partial charge in [-0.1, -0.05) is 0 Å². The lowest BCUT2D eigenvalue weighted by Gasteiger charge is -2.25. The summed E-state index contributed by atoms with van der Waals surface area (Å²) in [5.41, 5.74) is -0.759. The van der Waals surface area contributed by atoms with Crippen LogP contribution in [-0.4, -0.2) is 32.1 Å². The highest BCUT2D eigenvalue weighted by molar-refractivity contribution is 7.16. The molecule has 0 aliphatic heterocycles. The maximum Gasteiger partial charge on any atom is 0.303 e. The van der Waals surface area contributed by atoms with E-state index in [0.717, 1.165) is 0 Å². The highest BCUT2D eigenvalue weighted by Gasteiger charge is 2.21. The van der Waals surface area contributed by atoms with Crippen molar-refractivity contribution >= 4 is 33.4 Å². The van der Waals surface area contributed by atoms with Crippen LogP contribution in [0.3, 0.4) is 0 Å². The lowest BCUT2D eigenvalue weighted by Crippen LogP contribution is -2.44. The van der Waals surface area contributed by atoms with Crippen molar-refractivity contribution in [2.24, 2.45) is 0 Å². The minimum absolute atomic E-state index is 0.00845. The van der Waals surface area contributed by atoms with Crippen LogP contribution in [0.1, 0.15) is 33.1 Å². The minimum atomic E-state index is -0.894. The van der Waals surface area contributed by atoms with Gasteiger partial charge in [0, 0.05) is 24.9 Å². The number of aryl methyl sites for hydroxylation is 1. The number of rotatable bonds is 7. The first-order valence-corrected chi connectivity index (χ1v) is 8.12. The fraction of sp³-hybridized carbons (Fsp3) is 0.467. The van der Waals surface area contributed by atoms with Crippen LogP contribution in [0.25, 0.3) is 10.2 Å². The summed E-state index contributed by atoms with van der Waals surface area (Å²) in [5, 5.41) is 13.9. The Labute approximate surface area is 137 Å². The van der Waals surface area contributed by atoms with E-state index >= 15 is 0 Å². The van der Waals surface area contributed by atoms with E-state index < -0.39 is 11.5 Å². The molecule has 23 heavy (non-hydrogen) atoms. The van der Waals surface area contributed by atoms with Crippen LogP contribution >= 0.6 is 11.3 Å². The van der Waals surface area contributed by atoms with Gasteiger partial charge in [0.2, 0.25) is 5.91 Å². The summed E-state index contributed by atoms with van der Waals surface area (Å²) in [5.74, 6) is -1.12. The van der Waals surface area contributed by atoms with Gasteiger partial charge < -0.3 is 10.4 Å². The smallest absolute Gasteiger partial charge is 0.303 e. The number of aromatic nitrogens is 2. The van der Waals surface area contributed by atoms with Gasteiger partial charge in [-0.25, -0.2) is 4.98 Å². The van der Waals surface area contributed by atoms with Gasteiger partial charge in [0.25, 0.3) is 5.56 Å². The standard InChI is InChI=1S/C15H19N3O4S/c1-15(2,6-3-12(20)21)17-11(19)4-7-18-9-16-13-10(14(18)22)5-8-23-13/h5,8-9H,3-4,6-7H2,1-2H3,(H,17,19)(H,20,21). The van der Waals surface area contributed by atoms with Gasteiger partial charge in [-0.05, 0) is 31.7 Å². The Balaban J connectivity index is 1.94. The van der Waals surface area contributed by atoms with Crippen molar-refractivity contribution in [1.82, 2.24) is 14.9 Å². The molecule has 2 rings (SSSR count). The molecular weight excluding hydrogens is 318 g/mol. The summed E-state index contributed by atoms with van der Waals surface area (Å²) in [4.78, 5) is 39.7. The highest BCUT2D eigenvalue weighted by atomic mass is 32.1. The second-order valence-electron chi connectivity index (χ2n) is 5.96. The summed E-state index contributed by atoms with van der Waals surface area (Å²) in [6.45, 7) is 3.79. The number of hydrogen-bond acceptors (Lipinski definition) is 5. The summed E-state index contributed by atoms with van der Waals surface area (Å²) >= 11 is 1.40. The lowest BCUT2D eigenvalue weighted by molar-refractivity contribution is -0.137. The SMILES string of the molecule is CC(C)(CCC(=O)O)NC(=O)CCn1cnc2sccc2c1=O. The fourth-order valence-corrected chi connectivity index (χ4v) is 2.92. The maximum atomic E-state index is 12.2. The molecule has 0 unspecified atom stereocenters. The quantitative estimate of drug-likeness (QED) is 0.799. The molecule has 8 heteroatoms. The third-order valence-electron chi connectivity index (χ3n) is 3.47. The maximum absolute atomic E-state index is 12.2. The number of hydrogen-bond donors (Lipinski definition) is 2. The monoisotopic (exact) mass is 337 g/mol. The predicted octanol–water partition coefficient (Wildman–Crippen LogP) is 1.61. The topological polar surface area (TPSA) is 101 Å². The van der Waals surface area contributed by atoms with Crippen LogP contribution in [-0.2, 0) is 16.1 Å². The number of fused-ring (bicyclic) bond motifs is 1. The Bertz CT molecular complexity index is 778. The first-order valence-electron chi connectivity index (χ1n) is 7.24. The minimum Gasteiger partial charge on any atom is -0.481 e. The number of aliphatic carboxylic acids is 1. The van der Waals surface area contributed by atoms with Gasteiger partial charge in [0.15, 0.2) is 0 Å². The summed E-state index contributed by atoms with van der Waals surface area (Å²) < 4.78 is 1.42. The molecule has 2 aromatic heterocycles. The average Bonchev–Trinajstić information content (AvgIpc) is 2.93. The van der Waals surface area contributed by atoms with Crippen molar-refractivity contribution in [3.63, 3.8) is 0 Å². The number of amides is 1. The van der Waals surface area contributed by atoms with E-state index in [2.05, 4.69) is 10.3 Å². The van der Waals surface area contributed by atoms with Crippen molar-refractivity contribution in [3.05, 3.63) is 28.1 Å². The highest BCUT2D eigenvalue weighted by Crippen LogP contribution is 2.14. The second-order valence-corrected chi connectivity index (χ2v) is 6.85. The zero-order chi connectivity index (χ0) is 17.0. The van der Waals surface area contributed by atoms with Gasteiger partial charge in [-0.15, -0.1) is 11.3 Å². The summed E-state index contributed by atoms with van der Waals surface area (Å²) in [6.07, 6.45) is 1.92. The summed E-state index contributed by atoms with van der Waals surface area (Å²) in [7, 11) is 0. The molecule has 0 saturated heterocycles. The largest absolute Gasteiger partial charge is 0.481 e. The molecule has 2 heterocycles. The zero-order valence-electron chi connectivity index (χ0n) is 13.0. The van der Waals surface area contributed by atoms with E-state index in [1.54, 1.807) is 25.3 Å².